The van der Waals surface area contributed by atoms with E-state index in [1.54, 1.807) is 29.5 Å². The van der Waals surface area contributed by atoms with Gasteiger partial charge < -0.3 is 4.52 Å². The lowest BCUT2D eigenvalue weighted by atomic mass is 10.1. The quantitative estimate of drug-likeness (QED) is 0.799. The van der Waals surface area contributed by atoms with E-state index in [9.17, 15) is 9.18 Å². The second-order valence-electron chi connectivity index (χ2n) is 4.44. The van der Waals surface area contributed by atoms with E-state index in [1.165, 1.54) is 12.1 Å². The largest absolute Gasteiger partial charge is 0.338 e. The van der Waals surface area contributed by atoms with Crippen LogP contribution in [0.15, 0.2) is 51.7 Å². The van der Waals surface area contributed by atoms with Crippen LogP contribution in [0, 0.1) is 5.82 Å². The molecule has 1 aromatic carbocycles. The van der Waals surface area contributed by atoms with Crippen molar-refractivity contribution >= 4 is 23.1 Å². The third kappa shape index (κ3) is 3.35. The Morgan fingerprint density at radius 1 is 1.33 bits per heavy atom. The summed E-state index contributed by atoms with van der Waals surface area (Å²) in [5.74, 6) is -0.370. The van der Waals surface area contributed by atoms with Gasteiger partial charge in [0.05, 0.1) is 6.42 Å². The smallest absolute Gasteiger partial charge is 0.231 e. The fourth-order valence-corrected chi connectivity index (χ4v) is 2.54. The Morgan fingerprint density at radius 2 is 2.24 bits per heavy atom. The molecule has 0 fully saturated rings. The SMILES string of the molecule is O=C(Cc1cccc(F)c1)Nc1cc(-c2ccsc2)no1. The van der Waals surface area contributed by atoms with Crippen LogP contribution >= 0.6 is 11.3 Å². The first-order valence-corrected chi connectivity index (χ1v) is 7.18. The molecule has 0 saturated carbocycles. The molecule has 0 saturated heterocycles. The molecule has 1 N–H and O–H groups in total. The fraction of sp³-hybridized carbons (Fsp3) is 0.0667. The average molecular weight is 302 g/mol. The second-order valence-corrected chi connectivity index (χ2v) is 5.22. The second kappa shape index (κ2) is 5.88. The Labute approximate surface area is 124 Å². The van der Waals surface area contributed by atoms with E-state index in [2.05, 4.69) is 10.5 Å². The summed E-state index contributed by atoms with van der Waals surface area (Å²) in [6.07, 6.45) is 0.0756. The van der Waals surface area contributed by atoms with Gasteiger partial charge in [-0.1, -0.05) is 17.3 Å². The predicted octanol–water partition coefficient (Wildman–Crippen LogP) is 3.72. The van der Waals surface area contributed by atoms with Crippen molar-refractivity contribution in [3.05, 3.63) is 58.5 Å². The molecule has 0 unspecified atom stereocenters. The summed E-state index contributed by atoms with van der Waals surface area (Å²) in [6, 6.07) is 9.51. The number of rotatable bonds is 4. The van der Waals surface area contributed by atoms with Crippen molar-refractivity contribution in [2.24, 2.45) is 0 Å². The highest BCUT2D eigenvalue weighted by molar-refractivity contribution is 7.08. The molecule has 0 bridgehead atoms. The normalized spacial score (nSPS) is 10.5. The monoisotopic (exact) mass is 302 g/mol. The number of amides is 1. The first kappa shape index (κ1) is 13.5. The number of thiophene rings is 1. The molecule has 0 spiro atoms. The molecule has 106 valence electrons. The van der Waals surface area contributed by atoms with Crippen molar-refractivity contribution in [3.8, 4) is 11.3 Å². The van der Waals surface area contributed by atoms with Gasteiger partial charge >= 0.3 is 0 Å². The predicted molar refractivity (Wildman–Crippen MR) is 78.5 cm³/mol. The van der Waals surface area contributed by atoms with Gasteiger partial charge in [0, 0.05) is 17.0 Å². The Morgan fingerprint density at radius 3 is 3.00 bits per heavy atom. The molecule has 0 atom stereocenters. The third-order valence-electron chi connectivity index (χ3n) is 2.84. The molecule has 4 nitrogen and oxygen atoms in total. The van der Waals surface area contributed by atoms with E-state index in [1.807, 2.05) is 16.8 Å². The lowest BCUT2D eigenvalue weighted by molar-refractivity contribution is -0.115. The van der Waals surface area contributed by atoms with Crippen molar-refractivity contribution in [2.75, 3.05) is 5.32 Å². The van der Waals surface area contributed by atoms with E-state index >= 15 is 0 Å². The zero-order valence-corrected chi connectivity index (χ0v) is 11.7. The van der Waals surface area contributed by atoms with Gasteiger partial charge in [0.2, 0.25) is 11.8 Å². The number of halogens is 1. The summed E-state index contributed by atoms with van der Waals surface area (Å²) in [4.78, 5) is 11.9. The van der Waals surface area contributed by atoms with E-state index < -0.39 is 0 Å². The van der Waals surface area contributed by atoms with E-state index in [0.29, 0.717) is 11.3 Å². The molecule has 1 amide bonds. The molecule has 3 rings (SSSR count). The van der Waals surface area contributed by atoms with Crippen LogP contribution in [-0.4, -0.2) is 11.1 Å². The number of hydrogen-bond acceptors (Lipinski definition) is 4. The highest BCUT2D eigenvalue weighted by Gasteiger charge is 2.10. The van der Waals surface area contributed by atoms with Gasteiger partial charge in [-0.3, -0.25) is 10.1 Å². The maximum Gasteiger partial charge on any atom is 0.231 e. The number of hydrogen-bond donors (Lipinski definition) is 1. The number of nitrogens with zero attached hydrogens (tertiary/aromatic N) is 1. The highest BCUT2D eigenvalue weighted by Crippen LogP contribution is 2.23. The summed E-state index contributed by atoms with van der Waals surface area (Å²) in [5.41, 5.74) is 2.21. The number of benzene rings is 1. The topological polar surface area (TPSA) is 55.1 Å². The molecule has 2 aromatic heterocycles. The summed E-state index contributed by atoms with van der Waals surface area (Å²) in [5, 5.41) is 10.4. The van der Waals surface area contributed by atoms with E-state index in [0.717, 1.165) is 5.56 Å². The maximum absolute atomic E-state index is 13.0. The molecular formula is C15H11FN2O2S. The summed E-state index contributed by atoms with van der Waals surface area (Å²) >= 11 is 1.56. The van der Waals surface area contributed by atoms with Gasteiger partial charge in [-0.2, -0.15) is 11.3 Å². The lowest BCUT2D eigenvalue weighted by Crippen LogP contribution is -2.13. The van der Waals surface area contributed by atoms with Crippen molar-refractivity contribution in [3.63, 3.8) is 0 Å². The number of nitrogens with one attached hydrogen (secondary N) is 1. The van der Waals surface area contributed by atoms with Crippen molar-refractivity contribution in [1.29, 1.82) is 0 Å². The number of carbonyl (C=O) groups excluding carboxylic acids is 1. The highest BCUT2D eigenvalue weighted by atomic mass is 32.1. The van der Waals surface area contributed by atoms with Gasteiger partial charge in [-0.15, -0.1) is 0 Å². The minimum Gasteiger partial charge on any atom is -0.338 e. The van der Waals surface area contributed by atoms with Crippen LogP contribution in [0.4, 0.5) is 10.3 Å². The molecule has 0 radical (unpaired) electrons. The fourth-order valence-electron chi connectivity index (χ4n) is 1.89. The van der Waals surface area contributed by atoms with Gasteiger partial charge in [0.1, 0.15) is 11.5 Å². The van der Waals surface area contributed by atoms with Crippen LogP contribution in [0.25, 0.3) is 11.3 Å². The van der Waals surface area contributed by atoms with Gasteiger partial charge in [0.15, 0.2) is 0 Å². The zero-order valence-electron chi connectivity index (χ0n) is 10.9. The number of carbonyl (C=O) groups is 1. The Bertz CT molecular complexity index is 753. The standard InChI is InChI=1S/C15H11FN2O2S/c16-12-3-1-2-10(6-12)7-14(19)17-15-8-13(18-20-15)11-4-5-21-9-11/h1-6,8-9H,7H2,(H,17,19). The van der Waals surface area contributed by atoms with Crippen molar-refractivity contribution in [1.82, 2.24) is 5.16 Å². The molecular weight excluding hydrogens is 291 g/mol. The van der Waals surface area contributed by atoms with Crippen molar-refractivity contribution in [2.45, 2.75) is 6.42 Å². The first-order valence-electron chi connectivity index (χ1n) is 6.24. The van der Waals surface area contributed by atoms with Crippen LogP contribution in [0.1, 0.15) is 5.56 Å². The van der Waals surface area contributed by atoms with Gasteiger partial charge in [-0.05, 0) is 29.1 Å². The molecule has 0 aliphatic carbocycles. The zero-order chi connectivity index (χ0) is 14.7. The number of aromatic nitrogens is 1. The van der Waals surface area contributed by atoms with Crippen LogP contribution in [0.2, 0.25) is 0 Å². The minimum atomic E-state index is -0.361. The van der Waals surface area contributed by atoms with Crippen LogP contribution in [0.3, 0.4) is 0 Å². The summed E-state index contributed by atoms with van der Waals surface area (Å²) < 4.78 is 18.1. The third-order valence-corrected chi connectivity index (χ3v) is 3.53. The molecule has 0 aliphatic heterocycles. The summed E-state index contributed by atoms with van der Waals surface area (Å²) in [7, 11) is 0. The van der Waals surface area contributed by atoms with Crippen LogP contribution in [-0.2, 0) is 11.2 Å². The Balaban J connectivity index is 1.65. The van der Waals surface area contributed by atoms with Gasteiger partial charge in [-0.25, -0.2) is 4.39 Å². The molecule has 6 heteroatoms. The minimum absolute atomic E-state index is 0.0756. The first-order chi connectivity index (χ1) is 10.2. The van der Waals surface area contributed by atoms with Gasteiger partial charge in [0.25, 0.3) is 0 Å². The molecule has 2 heterocycles. The summed E-state index contributed by atoms with van der Waals surface area (Å²) in [6.45, 7) is 0. The van der Waals surface area contributed by atoms with Crippen LogP contribution in [0.5, 0.6) is 0 Å². The number of anilines is 1. The average Bonchev–Trinajstić information content (AvgIpc) is 3.08. The molecule has 21 heavy (non-hydrogen) atoms. The Hall–Kier alpha value is -2.47. The van der Waals surface area contributed by atoms with Crippen molar-refractivity contribution < 1.29 is 13.7 Å². The lowest BCUT2D eigenvalue weighted by Gasteiger charge is -2.01. The molecule has 0 aliphatic rings. The Kier molecular flexibility index (Phi) is 3.79. The maximum atomic E-state index is 13.0. The van der Waals surface area contributed by atoms with E-state index in [-0.39, 0.29) is 24.0 Å². The van der Waals surface area contributed by atoms with E-state index in [4.69, 9.17) is 4.52 Å². The molecule has 3 aromatic rings. The van der Waals surface area contributed by atoms with Crippen LogP contribution < -0.4 is 5.32 Å².